The van der Waals surface area contributed by atoms with Crippen molar-refractivity contribution in [3.63, 3.8) is 0 Å². The van der Waals surface area contributed by atoms with Crippen LogP contribution in [0.5, 0.6) is 0 Å². The molecule has 0 aliphatic rings. The van der Waals surface area contributed by atoms with Crippen LogP contribution in [-0.2, 0) is 28.6 Å². The minimum Gasteiger partial charge on any atom is -0.390 e. The first-order valence-electron chi connectivity index (χ1n) is 6.44. The molecule has 0 saturated heterocycles. The fourth-order valence-corrected chi connectivity index (χ4v) is 1.67. The van der Waals surface area contributed by atoms with E-state index in [-0.39, 0.29) is 0 Å². The van der Waals surface area contributed by atoms with E-state index in [1.165, 1.54) is 6.07 Å². The molecule has 0 unspecified atom stereocenters. The van der Waals surface area contributed by atoms with Gasteiger partial charge in [0, 0.05) is 20.8 Å². The van der Waals surface area contributed by atoms with Crippen molar-refractivity contribution in [3.05, 3.63) is 34.9 Å². The lowest BCUT2D eigenvalue weighted by Gasteiger charge is -2.11. The molecule has 0 aliphatic heterocycles. The van der Waals surface area contributed by atoms with Gasteiger partial charge in [0.1, 0.15) is 0 Å². The summed E-state index contributed by atoms with van der Waals surface area (Å²) in [7, 11) is 0. The molecule has 0 aliphatic carbocycles. The van der Waals surface area contributed by atoms with Crippen LogP contribution in [0.3, 0.4) is 0 Å². The summed E-state index contributed by atoms with van der Waals surface area (Å²) in [5.74, 6) is -6.73. The number of hydrogen-bond donors (Lipinski definition) is 0. The SMILES string of the molecule is CC(=O)OC(=O)c1cccc(C(=O)OC(C)=O)c1C(=O)OC(C)=O. The van der Waals surface area contributed by atoms with Gasteiger partial charge in [-0.1, -0.05) is 6.07 Å². The molecule has 0 saturated carbocycles. The molecule has 0 N–H and O–H groups in total. The van der Waals surface area contributed by atoms with Gasteiger partial charge in [0.15, 0.2) is 0 Å². The minimum atomic E-state index is -1.34. The van der Waals surface area contributed by atoms with Crippen molar-refractivity contribution in [2.45, 2.75) is 20.8 Å². The summed E-state index contributed by atoms with van der Waals surface area (Å²) in [5, 5.41) is 0. The van der Waals surface area contributed by atoms with Crippen LogP contribution in [0.4, 0.5) is 0 Å². The highest BCUT2D eigenvalue weighted by Crippen LogP contribution is 2.19. The normalized spacial score (nSPS) is 9.62. The molecule has 0 spiro atoms. The van der Waals surface area contributed by atoms with Crippen LogP contribution in [0.2, 0.25) is 0 Å². The van der Waals surface area contributed by atoms with E-state index in [1.54, 1.807) is 0 Å². The van der Waals surface area contributed by atoms with Crippen molar-refractivity contribution in [2.75, 3.05) is 0 Å². The number of carbonyl (C=O) groups excluding carboxylic acids is 6. The average molecular weight is 336 g/mol. The first-order valence-corrected chi connectivity index (χ1v) is 6.44. The van der Waals surface area contributed by atoms with Crippen molar-refractivity contribution in [2.24, 2.45) is 0 Å². The van der Waals surface area contributed by atoms with Gasteiger partial charge in [-0.25, -0.2) is 14.4 Å². The number of ether oxygens (including phenoxy) is 3. The molecule has 0 atom stereocenters. The quantitative estimate of drug-likeness (QED) is 0.446. The van der Waals surface area contributed by atoms with Gasteiger partial charge >= 0.3 is 35.8 Å². The Balaban J connectivity index is 3.48. The Hall–Kier alpha value is -3.36. The smallest absolute Gasteiger partial charge is 0.347 e. The first kappa shape index (κ1) is 18.7. The molecule has 9 nitrogen and oxygen atoms in total. The van der Waals surface area contributed by atoms with E-state index in [2.05, 4.69) is 14.2 Å². The maximum atomic E-state index is 12.0. The Labute approximate surface area is 135 Å². The lowest BCUT2D eigenvalue weighted by atomic mass is 10.0. The standard InChI is InChI=1S/C15H12O9/c1-7(16)22-13(19)10-5-4-6-11(14(20)23-8(2)17)12(10)15(21)24-9(3)18/h4-6H,1-3H3. The van der Waals surface area contributed by atoms with Gasteiger partial charge in [0.05, 0.1) is 16.7 Å². The van der Waals surface area contributed by atoms with Crippen LogP contribution in [-0.4, -0.2) is 35.8 Å². The Kier molecular flexibility index (Phi) is 6.05. The van der Waals surface area contributed by atoms with Gasteiger partial charge in [-0.3, -0.25) is 14.4 Å². The van der Waals surface area contributed by atoms with Crippen LogP contribution in [0.25, 0.3) is 0 Å². The highest BCUT2D eigenvalue weighted by molar-refractivity contribution is 6.14. The van der Waals surface area contributed by atoms with E-state index in [9.17, 15) is 28.8 Å². The summed E-state index contributed by atoms with van der Waals surface area (Å²) in [5.41, 5.74) is -1.67. The summed E-state index contributed by atoms with van der Waals surface area (Å²) in [4.78, 5) is 68.6. The second-order valence-corrected chi connectivity index (χ2v) is 4.37. The molecular weight excluding hydrogens is 324 g/mol. The van der Waals surface area contributed by atoms with E-state index < -0.39 is 52.5 Å². The van der Waals surface area contributed by atoms with E-state index in [4.69, 9.17) is 0 Å². The van der Waals surface area contributed by atoms with Gasteiger partial charge in [0.2, 0.25) is 0 Å². The third kappa shape index (κ3) is 4.83. The van der Waals surface area contributed by atoms with E-state index in [0.717, 1.165) is 32.9 Å². The minimum absolute atomic E-state index is 0.505. The summed E-state index contributed by atoms with van der Waals surface area (Å²) in [6, 6.07) is 3.34. The molecule has 0 amide bonds. The zero-order valence-electron chi connectivity index (χ0n) is 12.9. The third-order valence-electron chi connectivity index (χ3n) is 2.42. The van der Waals surface area contributed by atoms with Gasteiger partial charge < -0.3 is 14.2 Å². The molecule has 9 heteroatoms. The van der Waals surface area contributed by atoms with Crippen LogP contribution in [0.15, 0.2) is 18.2 Å². The van der Waals surface area contributed by atoms with E-state index in [1.807, 2.05) is 0 Å². The van der Waals surface area contributed by atoms with Crippen LogP contribution >= 0.6 is 0 Å². The summed E-state index contributed by atoms with van der Waals surface area (Å²) >= 11 is 0. The molecular formula is C15H12O9. The highest BCUT2D eigenvalue weighted by atomic mass is 16.6. The molecule has 0 bridgehead atoms. The van der Waals surface area contributed by atoms with E-state index in [0.29, 0.717) is 0 Å². The number of carbonyl (C=O) groups is 6. The van der Waals surface area contributed by atoms with E-state index >= 15 is 0 Å². The number of esters is 6. The van der Waals surface area contributed by atoms with Crippen LogP contribution in [0, 0.1) is 0 Å². The number of benzene rings is 1. The van der Waals surface area contributed by atoms with Crippen LogP contribution in [0.1, 0.15) is 51.8 Å². The van der Waals surface area contributed by atoms with Gasteiger partial charge in [-0.05, 0) is 12.1 Å². The molecule has 0 radical (unpaired) electrons. The Morgan fingerprint density at radius 2 is 0.958 bits per heavy atom. The van der Waals surface area contributed by atoms with Crippen molar-refractivity contribution in [1.29, 1.82) is 0 Å². The average Bonchev–Trinajstić information content (AvgIpc) is 2.44. The Bertz CT molecular complexity index is 699. The predicted octanol–water partition coefficient (Wildman–Crippen LogP) is 0.796. The summed E-state index contributed by atoms with van der Waals surface area (Å²) in [6.07, 6.45) is 0. The lowest BCUT2D eigenvalue weighted by molar-refractivity contribution is -0.136. The lowest BCUT2D eigenvalue weighted by Crippen LogP contribution is -2.22. The maximum Gasteiger partial charge on any atom is 0.347 e. The van der Waals surface area contributed by atoms with Crippen molar-refractivity contribution >= 4 is 35.8 Å². The van der Waals surface area contributed by atoms with Crippen molar-refractivity contribution < 1.29 is 43.0 Å². The Morgan fingerprint density at radius 3 is 1.29 bits per heavy atom. The van der Waals surface area contributed by atoms with Crippen LogP contribution < -0.4 is 0 Å². The topological polar surface area (TPSA) is 130 Å². The molecule has 0 fully saturated rings. The molecule has 1 aromatic rings. The predicted molar refractivity (Wildman–Crippen MR) is 74.7 cm³/mol. The second-order valence-electron chi connectivity index (χ2n) is 4.37. The second kappa shape index (κ2) is 7.77. The molecule has 0 aromatic heterocycles. The van der Waals surface area contributed by atoms with Gasteiger partial charge in [-0.2, -0.15) is 0 Å². The highest BCUT2D eigenvalue weighted by Gasteiger charge is 2.29. The molecule has 0 heterocycles. The Morgan fingerprint density at radius 1 is 0.625 bits per heavy atom. The number of rotatable bonds is 3. The zero-order chi connectivity index (χ0) is 18.4. The molecule has 24 heavy (non-hydrogen) atoms. The van der Waals surface area contributed by atoms with Crippen molar-refractivity contribution in [1.82, 2.24) is 0 Å². The fraction of sp³-hybridized carbons (Fsp3) is 0.200. The molecule has 1 aromatic carbocycles. The monoisotopic (exact) mass is 336 g/mol. The summed E-state index contributed by atoms with van der Waals surface area (Å²) in [6.45, 7) is 2.85. The zero-order valence-corrected chi connectivity index (χ0v) is 12.9. The molecule has 1 rings (SSSR count). The summed E-state index contributed by atoms with van der Waals surface area (Å²) < 4.78 is 13.1. The molecule has 126 valence electrons. The van der Waals surface area contributed by atoms with Gasteiger partial charge in [-0.15, -0.1) is 0 Å². The maximum absolute atomic E-state index is 12.0. The van der Waals surface area contributed by atoms with Crippen molar-refractivity contribution in [3.8, 4) is 0 Å². The number of hydrogen-bond acceptors (Lipinski definition) is 9. The third-order valence-corrected chi connectivity index (χ3v) is 2.42. The first-order chi connectivity index (χ1) is 11.1. The largest absolute Gasteiger partial charge is 0.390 e. The fourth-order valence-electron chi connectivity index (χ4n) is 1.67. The van der Waals surface area contributed by atoms with Gasteiger partial charge in [0.25, 0.3) is 0 Å².